The van der Waals surface area contributed by atoms with Crippen LogP contribution >= 0.6 is 0 Å². The van der Waals surface area contributed by atoms with Crippen molar-refractivity contribution < 1.29 is 9.53 Å². The van der Waals surface area contributed by atoms with Crippen LogP contribution in [0.4, 0.5) is 5.69 Å². The normalized spacial score (nSPS) is 13.2. The van der Waals surface area contributed by atoms with Crippen LogP contribution in [-0.4, -0.2) is 29.1 Å². The molecule has 5 heteroatoms. The Balaban J connectivity index is 2.27. The van der Waals surface area contributed by atoms with Gasteiger partial charge >= 0.3 is 5.97 Å². The Kier molecular flexibility index (Phi) is 3.70. The van der Waals surface area contributed by atoms with Crippen LogP contribution < -0.4 is 5.32 Å². The second-order valence-corrected chi connectivity index (χ2v) is 5.96. The summed E-state index contributed by atoms with van der Waals surface area (Å²) in [5, 5.41) is 3.11. The Morgan fingerprint density at radius 3 is 2.70 bits per heavy atom. The number of aromatic amines is 1. The molecule has 0 aliphatic heterocycles. The molecule has 0 amide bonds. The van der Waals surface area contributed by atoms with E-state index >= 15 is 0 Å². The van der Waals surface area contributed by atoms with Crippen molar-refractivity contribution in [3.8, 4) is 0 Å². The van der Waals surface area contributed by atoms with Crippen molar-refractivity contribution >= 4 is 22.7 Å². The van der Waals surface area contributed by atoms with E-state index in [-0.39, 0.29) is 17.4 Å². The Labute approximate surface area is 118 Å². The van der Waals surface area contributed by atoms with Crippen molar-refractivity contribution in [1.82, 2.24) is 9.97 Å². The van der Waals surface area contributed by atoms with E-state index in [2.05, 4.69) is 36.1 Å². The van der Waals surface area contributed by atoms with Gasteiger partial charge in [0.25, 0.3) is 0 Å². The van der Waals surface area contributed by atoms with Crippen LogP contribution in [-0.2, 0) is 14.9 Å². The lowest BCUT2D eigenvalue weighted by molar-refractivity contribution is -0.141. The molecule has 2 aromatic rings. The predicted molar refractivity (Wildman–Crippen MR) is 79.9 cm³/mol. The molecule has 1 aromatic heterocycles. The van der Waals surface area contributed by atoms with Crippen molar-refractivity contribution in [2.75, 3.05) is 12.4 Å². The van der Waals surface area contributed by atoms with Crippen LogP contribution in [0.15, 0.2) is 18.2 Å². The van der Waals surface area contributed by atoms with Gasteiger partial charge in [-0.25, -0.2) is 9.78 Å². The van der Waals surface area contributed by atoms with Crippen LogP contribution in [0, 0.1) is 0 Å². The molecule has 108 valence electrons. The van der Waals surface area contributed by atoms with Gasteiger partial charge in [0.2, 0.25) is 0 Å². The number of anilines is 1. The number of rotatable bonds is 3. The lowest BCUT2D eigenvalue weighted by Gasteiger charge is -2.13. The average molecular weight is 275 g/mol. The van der Waals surface area contributed by atoms with Crippen molar-refractivity contribution in [2.45, 2.75) is 39.2 Å². The van der Waals surface area contributed by atoms with Crippen molar-refractivity contribution in [1.29, 1.82) is 0 Å². The highest BCUT2D eigenvalue weighted by molar-refractivity contribution is 5.82. The number of hydrogen-bond donors (Lipinski definition) is 2. The molecule has 0 aliphatic carbocycles. The summed E-state index contributed by atoms with van der Waals surface area (Å²) in [5.74, 6) is 0.663. The van der Waals surface area contributed by atoms with Gasteiger partial charge in [-0.05, 0) is 25.1 Å². The number of carbonyl (C=O) groups excluding carboxylic acids is 1. The van der Waals surface area contributed by atoms with Gasteiger partial charge < -0.3 is 15.0 Å². The largest absolute Gasteiger partial charge is 0.467 e. The first-order valence-electron chi connectivity index (χ1n) is 6.66. The highest BCUT2D eigenvalue weighted by atomic mass is 16.5. The highest BCUT2D eigenvalue weighted by Gasteiger charge is 2.18. The van der Waals surface area contributed by atoms with Crippen molar-refractivity contribution in [3.05, 3.63) is 24.0 Å². The third kappa shape index (κ3) is 2.92. The number of methoxy groups -OCH3 is 1. The van der Waals surface area contributed by atoms with Crippen LogP contribution in [0.3, 0.4) is 0 Å². The van der Waals surface area contributed by atoms with Gasteiger partial charge in [0.1, 0.15) is 11.9 Å². The molecule has 5 nitrogen and oxygen atoms in total. The maximum Gasteiger partial charge on any atom is 0.327 e. The van der Waals surface area contributed by atoms with E-state index in [0.717, 1.165) is 22.5 Å². The number of imidazole rings is 1. The van der Waals surface area contributed by atoms with Crippen LogP contribution in [0.1, 0.15) is 33.5 Å². The first kappa shape index (κ1) is 14.4. The van der Waals surface area contributed by atoms with Gasteiger partial charge in [-0.2, -0.15) is 0 Å². The second kappa shape index (κ2) is 5.15. The summed E-state index contributed by atoms with van der Waals surface area (Å²) in [6.45, 7) is 8.11. The smallest absolute Gasteiger partial charge is 0.327 e. The number of H-pyrrole nitrogens is 1. The van der Waals surface area contributed by atoms with Crippen LogP contribution in [0.25, 0.3) is 11.0 Å². The summed E-state index contributed by atoms with van der Waals surface area (Å²) >= 11 is 0. The molecule has 0 spiro atoms. The van der Waals surface area contributed by atoms with Gasteiger partial charge in [0.05, 0.1) is 18.1 Å². The Hall–Kier alpha value is -2.04. The summed E-state index contributed by atoms with van der Waals surface area (Å²) in [7, 11) is 1.38. The SMILES string of the molecule is COC(=O)C(C)Nc1ccc2nc(C(C)(C)C)[nH]c2c1. The monoisotopic (exact) mass is 275 g/mol. The predicted octanol–water partition coefficient (Wildman–Crippen LogP) is 2.83. The number of aromatic nitrogens is 2. The molecule has 2 rings (SSSR count). The quantitative estimate of drug-likeness (QED) is 0.845. The molecule has 0 bridgehead atoms. The van der Waals surface area contributed by atoms with Crippen molar-refractivity contribution in [2.24, 2.45) is 0 Å². The molecule has 1 heterocycles. The molecule has 0 saturated heterocycles. The van der Waals surface area contributed by atoms with Gasteiger partial charge in [-0.1, -0.05) is 20.8 Å². The topological polar surface area (TPSA) is 67.0 Å². The minimum absolute atomic E-state index is 0.0219. The number of esters is 1. The van der Waals surface area contributed by atoms with Gasteiger partial charge in [0.15, 0.2) is 0 Å². The highest BCUT2D eigenvalue weighted by Crippen LogP contribution is 2.24. The number of nitrogens with zero attached hydrogens (tertiary/aromatic N) is 1. The summed E-state index contributed by atoms with van der Waals surface area (Å²) in [6.07, 6.45) is 0. The number of carbonyl (C=O) groups is 1. The summed E-state index contributed by atoms with van der Waals surface area (Å²) in [5.41, 5.74) is 2.72. The molecule has 1 atom stereocenters. The molecule has 0 fully saturated rings. The molecule has 0 saturated carbocycles. The zero-order valence-corrected chi connectivity index (χ0v) is 12.6. The summed E-state index contributed by atoms with van der Waals surface area (Å²) in [6, 6.07) is 5.42. The zero-order chi connectivity index (χ0) is 14.9. The summed E-state index contributed by atoms with van der Waals surface area (Å²) < 4.78 is 4.70. The van der Waals surface area contributed by atoms with Gasteiger partial charge in [-0.3, -0.25) is 0 Å². The van der Waals surface area contributed by atoms with E-state index in [1.807, 2.05) is 18.2 Å². The fourth-order valence-electron chi connectivity index (χ4n) is 1.94. The number of nitrogens with one attached hydrogen (secondary N) is 2. The molecule has 20 heavy (non-hydrogen) atoms. The lowest BCUT2D eigenvalue weighted by Crippen LogP contribution is -2.27. The Morgan fingerprint density at radius 1 is 1.40 bits per heavy atom. The number of ether oxygens (including phenoxy) is 1. The maximum atomic E-state index is 11.4. The number of benzene rings is 1. The first-order chi connectivity index (χ1) is 9.31. The van der Waals surface area contributed by atoms with Crippen LogP contribution in [0.2, 0.25) is 0 Å². The standard InChI is InChI=1S/C15H21N3O2/c1-9(13(19)20-5)16-10-6-7-11-12(8-10)18-14(17-11)15(2,3)4/h6-9,16H,1-5H3,(H,17,18). The first-order valence-corrected chi connectivity index (χ1v) is 6.66. The molecule has 0 radical (unpaired) electrons. The van der Waals surface area contributed by atoms with E-state index in [1.165, 1.54) is 7.11 Å². The number of hydrogen-bond acceptors (Lipinski definition) is 4. The third-order valence-electron chi connectivity index (χ3n) is 3.13. The fraction of sp³-hybridized carbons (Fsp3) is 0.467. The third-order valence-corrected chi connectivity index (χ3v) is 3.13. The molecular weight excluding hydrogens is 254 g/mol. The van der Waals surface area contributed by atoms with Gasteiger partial charge in [0, 0.05) is 11.1 Å². The van der Waals surface area contributed by atoms with Gasteiger partial charge in [-0.15, -0.1) is 0 Å². The Bertz CT molecular complexity index is 626. The minimum Gasteiger partial charge on any atom is -0.467 e. The lowest BCUT2D eigenvalue weighted by atomic mass is 9.96. The van der Waals surface area contributed by atoms with E-state index in [0.29, 0.717) is 0 Å². The van der Waals surface area contributed by atoms with Crippen LogP contribution in [0.5, 0.6) is 0 Å². The second-order valence-electron chi connectivity index (χ2n) is 5.96. The summed E-state index contributed by atoms with van der Waals surface area (Å²) in [4.78, 5) is 19.3. The fourth-order valence-corrected chi connectivity index (χ4v) is 1.94. The number of fused-ring (bicyclic) bond motifs is 1. The molecule has 0 aliphatic rings. The van der Waals surface area contributed by atoms with E-state index < -0.39 is 0 Å². The van der Waals surface area contributed by atoms with E-state index in [1.54, 1.807) is 6.92 Å². The van der Waals surface area contributed by atoms with E-state index in [9.17, 15) is 4.79 Å². The van der Waals surface area contributed by atoms with E-state index in [4.69, 9.17) is 4.74 Å². The molecule has 1 aromatic carbocycles. The molecule has 1 unspecified atom stereocenters. The molecule has 2 N–H and O–H groups in total. The maximum absolute atomic E-state index is 11.4. The Morgan fingerprint density at radius 2 is 2.10 bits per heavy atom. The molecular formula is C15H21N3O2. The zero-order valence-electron chi connectivity index (χ0n) is 12.6. The minimum atomic E-state index is -0.387. The average Bonchev–Trinajstić information content (AvgIpc) is 2.80. The van der Waals surface area contributed by atoms with Crippen molar-refractivity contribution in [3.63, 3.8) is 0 Å².